The molecule has 0 N–H and O–H groups in total. The first-order valence-corrected chi connectivity index (χ1v) is 4.29. The molecule has 1 aliphatic heterocycles. The molecule has 0 radical (unpaired) electrons. The van der Waals surface area contributed by atoms with Gasteiger partial charge in [0.2, 0.25) is 5.78 Å². The molecule has 2 rings (SSSR count). The van der Waals surface area contributed by atoms with Crippen molar-refractivity contribution in [2.75, 3.05) is 0 Å². The predicted octanol–water partition coefficient (Wildman–Crippen LogP) is 1.75. The molecule has 0 aliphatic carbocycles. The minimum atomic E-state index is -0.732. The van der Waals surface area contributed by atoms with Gasteiger partial charge in [-0.05, 0) is 0 Å². The maximum Gasteiger partial charge on any atom is 0.269 e. The summed E-state index contributed by atoms with van der Waals surface area (Å²) in [6.07, 6.45) is 1.87. The number of ether oxygens (including phenoxy) is 1. The van der Waals surface area contributed by atoms with Crippen LogP contribution in [0.1, 0.15) is 11.7 Å². The third-order valence-electron chi connectivity index (χ3n) is 2.09. The molecule has 1 aliphatic rings. The van der Waals surface area contributed by atoms with Crippen LogP contribution in [0.5, 0.6) is 0 Å². The predicted molar refractivity (Wildman–Crippen MR) is 51.1 cm³/mol. The monoisotopic (exact) mass is 205 g/mol. The second-order valence-corrected chi connectivity index (χ2v) is 3.07. The molecule has 0 saturated heterocycles. The van der Waals surface area contributed by atoms with Gasteiger partial charge in [0, 0.05) is 23.8 Å². The number of nitro groups is 1. The number of ketones is 1. The number of non-ortho nitro benzene ring substituents is 1. The van der Waals surface area contributed by atoms with E-state index in [1.807, 2.05) is 0 Å². The summed E-state index contributed by atoms with van der Waals surface area (Å²) < 4.78 is 5.03. The highest BCUT2D eigenvalue weighted by molar-refractivity contribution is 5.95. The minimum Gasteiger partial charge on any atom is -0.485 e. The Morgan fingerprint density at radius 3 is 2.80 bits per heavy atom. The van der Waals surface area contributed by atoms with E-state index in [0.717, 1.165) is 0 Å². The Morgan fingerprint density at radius 1 is 1.40 bits per heavy atom. The van der Waals surface area contributed by atoms with Crippen LogP contribution in [0, 0.1) is 10.1 Å². The van der Waals surface area contributed by atoms with Gasteiger partial charge in [-0.3, -0.25) is 14.9 Å². The van der Waals surface area contributed by atoms with Crippen LogP contribution in [-0.2, 0) is 9.53 Å². The Kier molecular flexibility index (Phi) is 2.21. The van der Waals surface area contributed by atoms with Crippen LogP contribution in [0.3, 0.4) is 0 Å². The highest BCUT2D eigenvalue weighted by Gasteiger charge is 2.24. The Hall–Kier alpha value is -2.17. The Bertz CT molecular complexity index is 452. The van der Waals surface area contributed by atoms with E-state index < -0.39 is 11.0 Å². The molecule has 0 amide bonds. The van der Waals surface area contributed by atoms with E-state index in [0.29, 0.717) is 5.56 Å². The summed E-state index contributed by atoms with van der Waals surface area (Å²) in [4.78, 5) is 21.3. The van der Waals surface area contributed by atoms with Gasteiger partial charge in [0.05, 0.1) is 11.2 Å². The Morgan fingerprint density at radius 2 is 2.20 bits per heavy atom. The number of hydrogen-bond donors (Lipinski definition) is 0. The van der Waals surface area contributed by atoms with E-state index in [2.05, 4.69) is 0 Å². The molecular weight excluding hydrogens is 198 g/mol. The molecule has 0 saturated carbocycles. The topological polar surface area (TPSA) is 69.4 Å². The molecule has 5 nitrogen and oxygen atoms in total. The fraction of sp³-hybridized carbons (Fsp3) is 0.100. The minimum absolute atomic E-state index is 0.0456. The maximum atomic E-state index is 11.3. The first kappa shape index (κ1) is 9.39. The SMILES string of the molecule is O=C1C=COC1c1cccc([N+](=O)[O-])c1. The lowest BCUT2D eigenvalue weighted by Crippen LogP contribution is -2.06. The molecule has 1 unspecified atom stereocenters. The van der Waals surface area contributed by atoms with Crippen molar-refractivity contribution in [3.8, 4) is 0 Å². The van der Waals surface area contributed by atoms with Crippen LogP contribution in [0.25, 0.3) is 0 Å². The van der Waals surface area contributed by atoms with Crippen LogP contribution in [0.2, 0.25) is 0 Å². The van der Waals surface area contributed by atoms with E-state index in [-0.39, 0.29) is 11.5 Å². The molecule has 5 heteroatoms. The lowest BCUT2D eigenvalue weighted by molar-refractivity contribution is -0.385. The van der Waals surface area contributed by atoms with Crippen LogP contribution in [0.15, 0.2) is 36.6 Å². The van der Waals surface area contributed by atoms with E-state index in [4.69, 9.17) is 4.74 Å². The summed E-state index contributed by atoms with van der Waals surface area (Å²) in [7, 11) is 0. The van der Waals surface area contributed by atoms with E-state index in [1.165, 1.54) is 30.5 Å². The summed E-state index contributed by atoms with van der Waals surface area (Å²) in [6, 6.07) is 5.87. The average molecular weight is 205 g/mol. The fourth-order valence-electron chi connectivity index (χ4n) is 1.38. The van der Waals surface area contributed by atoms with Crippen LogP contribution in [-0.4, -0.2) is 10.7 Å². The molecule has 0 bridgehead atoms. The molecule has 0 spiro atoms. The lowest BCUT2D eigenvalue weighted by Gasteiger charge is -2.08. The highest BCUT2D eigenvalue weighted by Crippen LogP contribution is 2.26. The fourth-order valence-corrected chi connectivity index (χ4v) is 1.38. The summed E-state index contributed by atoms with van der Waals surface area (Å²) in [5.74, 6) is -0.199. The van der Waals surface area contributed by atoms with Gasteiger partial charge >= 0.3 is 0 Å². The number of nitrogens with zero attached hydrogens (tertiary/aromatic N) is 1. The van der Waals surface area contributed by atoms with Gasteiger partial charge < -0.3 is 4.74 Å². The zero-order valence-electron chi connectivity index (χ0n) is 7.62. The van der Waals surface area contributed by atoms with Crippen molar-refractivity contribution in [3.05, 3.63) is 52.3 Å². The highest BCUT2D eigenvalue weighted by atomic mass is 16.6. The number of nitro benzene ring substituents is 1. The van der Waals surface area contributed by atoms with Crippen molar-refractivity contribution in [1.82, 2.24) is 0 Å². The number of benzene rings is 1. The van der Waals surface area contributed by atoms with Crippen molar-refractivity contribution in [2.24, 2.45) is 0 Å². The summed E-state index contributed by atoms with van der Waals surface area (Å²) >= 11 is 0. The van der Waals surface area contributed by atoms with E-state index in [1.54, 1.807) is 6.07 Å². The van der Waals surface area contributed by atoms with Gasteiger partial charge in [0.15, 0.2) is 6.10 Å². The molecule has 0 aromatic heterocycles. The number of carbonyl (C=O) groups is 1. The summed E-state index contributed by atoms with van der Waals surface area (Å²) in [6.45, 7) is 0. The molecule has 1 aromatic carbocycles. The molecule has 1 heterocycles. The zero-order chi connectivity index (χ0) is 10.8. The number of carbonyl (C=O) groups excluding carboxylic acids is 1. The van der Waals surface area contributed by atoms with Gasteiger partial charge in [-0.25, -0.2) is 0 Å². The van der Waals surface area contributed by atoms with Gasteiger partial charge in [0.1, 0.15) is 0 Å². The molecular formula is C10H7NO4. The van der Waals surface area contributed by atoms with Gasteiger partial charge in [0.25, 0.3) is 5.69 Å². The molecule has 15 heavy (non-hydrogen) atoms. The largest absolute Gasteiger partial charge is 0.485 e. The molecule has 76 valence electrons. The Balaban J connectivity index is 2.33. The second-order valence-electron chi connectivity index (χ2n) is 3.07. The smallest absolute Gasteiger partial charge is 0.269 e. The number of rotatable bonds is 2. The summed E-state index contributed by atoms with van der Waals surface area (Å²) in [5.41, 5.74) is 0.454. The number of hydrogen-bond acceptors (Lipinski definition) is 4. The van der Waals surface area contributed by atoms with Crippen LogP contribution < -0.4 is 0 Å². The van der Waals surface area contributed by atoms with Crippen LogP contribution in [0.4, 0.5) is 5.69 Å². The lowest BCUT2D eigenvalue weighted by atomic mass is 10.1. The van der Waals surface area contributed by atoms with Gasteiger partial charge in [-0.2, -0.15) is 0 Å². The molecule has 0 fully saturated rings. The van der Waals surface area contributed by atoms with Crippen molar-refractivity contribution in [1.29, 1.82) is 0 Å². The standard InChI is InChI=1S/C10H7NO4/c12-9-4-5-15-10(9)7-2-1-3-8(6-7)11(13)14/h1-6,10H. The third kappa shape index (κ3) is 1.71. The Labute approximate surface area is 85.1 Å². The quantitative estimate of drug-likeness (QED) is 0.544. The van der Waals surface area contributed by atoms with Crippen LogP contribution >= 0.6 is 0 Å². The zero-order valence-corrected chi connectivity index (χ0v) is 7.62. The normalized spacial score (nSPS) is 18.9. The van der Waals surface area contributed by atoms with Gasteiger partial charge in [-0.1, -0.05) is 12.1 Å². The van der Waals surface area contributed by atoms with E-state index >= 15 is 0 Å². The van der Waals surface area contributed by atoms with Gasteiger partial charge in [-0.15, -0.1) is 0 Å². The first-order chi connectivity index (χ1) is 7.18. The van der Waals surface area contributed by atoms with Crippen molar-refractivity contribution >= 4 is 11.5 Å². The molecule has 1 atom stereocenters. The van der Waals surface area contributed by atoms with Crippen molar-refractivity contribution < 1.29 is 14.5 Å². The van der Waals surface area contributed by atoms with Crippen molar-refractivity contribution in [3.63, 3.8) is 0 Å². The second kappa shape index (κ2) is 3.53. The first-order valence-electron chi connectivity index (χ1n) is 4.29. The van der Waals surface area contributed by atoms with Crippen molar-refractivity contribution in [2.45, 2.75) is 6.10 Å². The third-order valence-corrected chi connectivity index (χ3v) is 2.09. The molecule has 1 aromatic rings. The maximum absolute atomic E-state index is 11.3. The summed E-state index contributed by atoms with van der Waals surface area (Å²) in [5, 5.41) is 10.5. The van der Waals surface area contributed by atoms with E-state index in [9.17, 15) is 14.9 Å². The average Bonchev–Trinajstić information content (AvgIpc) is 2.64.